The molecule has 1 saturated heterocycles. The van der Waals surface area contributed by atoms with Gasteiger partial charge in [0.05, 0.1) is 27.4 Å². The van der Waals surface area contributed by atoms with Crippen LogP contribution in [0.15, 0.2) is 34.4 Å². The van der Waals surface area contributed by atoms with E-state index in [1.807, 2.05) is 0 Å². The van der Waals surface area contributed by atoms with Gasteiger partial charge in [0.1, 0.15) is 11.5 Å². The van der Waals surface area contributed by atoms with Crippen molar-refractivity contribution in [2.45, 2.75) is 13.5 Å². The van der Waals surface area contributed by atoms with Gasteiger partial charge in [0.15, 0.2) is 18.1 Å². The molecular formula is C22H21ClN2O9. The first-order chi connectivity index (χ1) is 16.3. The Bertz CT molecular complexity index is 1160. The number of carbonyl (C=O) groups is 4. The summed E-state index contributed by atoms with van der Waals surface area (Å²) in [5.41, 5.74) is 0.208. The van der Waals surface area contributed by atoms with Gasteiger partial charge in [0.25, 0.3) is 5.91 Å². The number of rotatable bonds is 9. The van der Waals surface area contributed by atoms with Crippen molar-refractivity contribution < 1.29 is 42.5 Å². The highest BCUT2D eigenvalue weighted by atomic mass is 35.5. The van der Waals surface area contributed by atoms with Gasteiger partial charge in [0.2, 0.25) is 5.76 Å². The van der Waals surface area contributed by atoms with Crippen molar-refractivity contribution in [3.05, 3.63) is 52.1 Å². The van der Waals surface area contributed by atoms with Gasteiger partial charge in [-0.05, 0) is 31.2 Å². The summed E-state index contributed by atoms with van der Waals surface area (Å²) in [7, 11) is 2.59. The summed E-state index contributed by atoms with van der Waals surface area (Å²) in [6, 6.07) is 5.09. The number of imide groups is 1. The van der Waals surface area contributed by atoms with E-state index in [9.17, 15) is 19.2 Å². The van der Waals surface area contributed by atoms with Gasteiger partial charge in [-0.3, -0.25) is 9.69 Å². The Balaban J connectivity index is 1.86. The summed E-state index contributed by atoms with van der Waals surface area (Å²) in [5, 5.41) is 2.74. The van der Waals surface area contributed by atoms with Gasteiger partial charge < -0.3 is 28.7 Å². The Morgan fingerprint density at radius 3 is 2.65 bits per heavy atom. The number of hydrogen-bond donors (Lipinski definition) is 1. The number of nitrogens with zero attached hydrogens (tertiary/aromatic N) is 1. The number of ether oxygens (including phenoxy) is 4. The number of esters is 2. The van der Waals surface area contributed by atoms with E-state index in [0.29, 0.717) is 0 Å². The summed E-state index contributed by atoms with van der Waals surface area (Å²) in [5.74, 6) is -1.46. The predicted molar refractivity (Wildman–Crippen MR) is 117 cm³/mol. The lowest BCUT2D eigenvalue weighted by Crippen LogP contribution is -2.30. The van der Waals surface area contributed by atoms with Crippen molar-refractivity contribution in [1.82, 2.24) is 10.2 Å². The minimum absolute atomic E-state index is 0.0604. The number of benzene rings is 1. The molecular weight excluding hydrogens is 472 g/mol. The van der Waals surface area contributed by atoms with E-state index < -0.39 is 30.5 Å². The van der Waals surface area contributed by atoms with Crippen molar-refractivity contribution in [3.8, 4) is 11.5 Å². The summed E-state index contributed by atoms with van der Waals surface area (Å²) in [6.07, 6.45) is 1.34. The van der Waals surface area contributed by atoms with Gasteiger partial charge >= 0.3 is 18.0 Å². The summed E-state index contributed by atoms with van der Waals surface area (Å²) in [6.45, 7) is 1.22. The number of nitrogens with one attached hydrogen (secondary N) is 1. The number of furan rings is 1. The molecule has 1 fully saturated rings. The monoisotopic (exact) mass is 492 g/mol. The standard InChI is InChI=1S/C22H21ClN2O9/c1-4-32-18(26)11-33-19-12(7-13(23)9-17(19)30-2)8-15-20(27)25(22(29)24-15)10-14-5-6-16(34-14)21(28)31-3/h5-9H,4,10-11H2,1-3H3,(H,24,29)/b15-8+. The molecule has 1 N–H and O–H groups in total. The lowest BCUT2D eigenvalue weighted by Gasteiger charge is -2.14. The minimum Gasteiger partial charge on any atom is -0.493 e. The van der Waals surface area contributed by atoms with E-state index in [-0.39, 0.29) is 52.5 Å². The van der Waals surface area contributed by atoms with Crippen molar-refractivity contribution in [2.24, 2.45) is 0 Å². The quantitative estimate of drug-likeness (QED) is 0.318. The highest BCUT2D eigenvalue weighted by Gasteiger charge is 2.35. The number of halogens is 1. The van der Waals surface area contributed by atoms with Crippen LogP contribution in [-0.4, -0.2) is 56.2 Å². The fraction of sp³-hybridized carbons (Fsp3) is 0.273. The van der Waals surface area contributed by atoms with Crippen LogP contribution in [0.4, 0.5) is 4.79 Å². The van der Waals surface area contributed by atoms with Gasteiger partial charge in [-0.25, -0.2) is 14.4 Å². The van der Waals surface area contributed by atoms with Crippen LogP contribution in [0.3, 0.4) is 0 Å². The Hall–Kier alpha value is -3.99. The fourth-order valence-corrected chi connectivity index (χ4v) is 3.25. The highest BCUT2D eigenvalue weighted by molar-refractivity contribution is 6.31. The van der Waals surface area contributed by atoms with E-state index in [0.717, 1.165) is 4.90 Å². The van der Waals surface area contributed by atoms with Crippen molar-refractivity contribution in [3.63, 3.8) is 0 Å². The Morgan fingerprint density at radius 1 is 1.21 bits per heavy atom. The maximum absolute atomic E-state index is 12.9. The summed E-state index contributed by atoms with van der Waals surface area (Å²) in [4.78, 5) is 49.5. The van der Waals surface area contributed by atoms with Crippen LogP contribution in [0, 0.1) is 0 Å². The largest absolute Gasteiger partial charge is 0.493 e. The lowest BCUT2D eigenvalue weighted by atomic mass is 10.1. The average molecular weight is 493 g/mol. The van der Waals surface area contributed by atoms with Crippen molar-refractivity contribution in [1.29, 1.82) is 0 Å². The molecule has 0 saturated carbocycles. The molecule has 12 heteroatoms. The number of carbonyl (C=O) groups excluding carboxylic acids is 4. The molecule has 0 aliphatic carbocycles. The topological polar surface area (TPSA) is 134 Å². The molecule has 1 aliphatic heterocycles. The molecule has 3 amide bonds. The molecule has 3 rings (SSSR count). The molecule has 0 atom stereocenters. The van der Waals surface area contributed by atoms with Crippen LogP contribution in [0.1, 0.15) is 28.8 Å². The Morgan fingerprint density at radius 2 is 1.97 bits per heavy atom. The van der Waals surface area contributed by atoms with Gasteiger partial charge in [-0.15, -0.1) is 0 Å². The third kappa shape index (κ3) is 5.49. The zero-order valence-corrected chi connectivity index (χ0v) is 19.3. The molecule has 1 aliphatic rings. The van der Waals surface area contributed by atoms with Crippen LogP contribution in [-0.2, 0) is 25.6 Å². The molecule has 0 radical (unpaired) electrons. The zero-order valence-electron chi connectivity index (χ0n) is 18.5. The number of hydrogen-bond acceptors (Lipinski definition) is 9. The van der Waals surface area contributed by atoms with Gasteiger partial charge in [-0.1, -0.05) is 11.6 Å². The molecule has 2 heterocycles. The minimum atomic E-state index is -0.699. The van der Waals surface area contributed by atoms with E-state index in [4.69, 9.17) is 30.2 Å². The van der Waals surface area contributed by atoms with Crippen LogP contribution >= 0.6 is 11.6 Å². The van der Waals surface area contributed by atoms with Crippen molar-refractivity contribution >= 4 is 41.6 Å². The zero-order chi connectivity index (χ0) is 24.8. The smallest absolute Gasteiger partial charge is 0.373 e. The van der Waals surface area contributed by atoms with E-state index in [1.54, 1.807) is 6.92 Å². The molecule has 180 valence electrons. The molecule has 2 aromatic rings. The maximum atomic E-state index is 12.9. The second kappa shape index (κ2) is 10.8. The van der Waals surface area contributed by atoms with Crippen LogP contribution in [0.2, 0.25) is 5.02 Å². The summed E-state index contributed by atoms with van der Waals surface area (Å²) >= 11 is 6.15. The van der Waals surface area contributed by atoms with Gasteiger partial charge in [-0.2, -0.15) is 0 Å². The van der Waals surface area contributed by atoms with Crippen LogP contribution < -0.4 is 14.8 Å². The first kappa shape index (κ1) is 24.6. The second-order valence-electron chi connectivity index (χ2n) is 6.76. The van der Waals surface area contributed by atoms with E-state index >= 15 is 0 Å². The van der Waals surface area contributed by atoms with Crippen LogP contribution in [0.25, 0.3) is 6.08 Å². The second-order valence-corrected chi connectivity index (χ2v) is 7.19. The molecule has 34 heavy (non-hydrogen) atoms. The predicted octanol–water partition coefficient (Wildman–Crippen LogP) is 2.76. The third-order valence-electron chi connectivity index (χ3n) is 4.53. The highest BCUT2D eigenvalue weighted by Crippen LogP contribution is 2.36. The normalized spacial score (nSPS) is 14.2. The number of amides is 3. The SMILES string of the molecule is CCOC(=O)COc1c(/C=C2/NC(=O)N(Cc3ccc(C(=O)OC)o3)C2=O)cc(Cl)cc1OC. The van der Waals surface area contributed by atoms with Crippen LogP contribution in [0.5, 0.6) is 11.5 Å². The fourth-order valence-electron chi connectivity index (χ4n) is 3.04. The molecule has 1 aromatic carbocycles. The van der Waals surface area contributed by atoms with E-state index in [2.05, 4.69) is 10.1 Å². The van der Waals surface area contributed by atoms with Crippen molar-refractivity contribution in [2.75, 3.05) is 27.4 Å². The first-order valence-corrected chi connectivity index (χ1v) is 10.3. The number of urea groups is 1. The average Bonchev–Trinajstić information content (AvgIpc) is 3.38. The molecule has 0 unspecified atom stereocenters. The first-order valence-electron chi connectivity index (χ1n) is 9.94. The molecule has 1 aromatic heterocycles. The molecule has 0 spiro atoms. The number of methoxy groups -OCH3 is 2. The molecule has 0 bridgehead atoms. The molecule has 11 nitrogen and oxygen atoms in total. The lowest BCUT2D eigenvalue weighted by molar-refractivity contribution is -0.145. The Labute approximate surface area is 199 Å². The van der Waals surface area contributed by atoms with Gasteiger partial charge in [0, 0.05) is 16.7 Å². The third-order valence-corrected chi connectivity index (χ3v) is 4.75. The van der Waals surface area contributed by atoms with E-state index in [1.165, 1.54) is 44.6 Å². The summed E-state index contributed by atoms with van der Waals surface area (Å²) < 4.78 is 25.6. The maximum Gasteiger partial charge on any atom is 0.373 e. The Kier molecular flexibility index (Phi) is 7.79.